The highest BCUT2D eigenvalue weighted by Gasteiger charge is 2.25. The smallest absolute Gasteiger partial charge is 0.228 e. The molecule has 27 heavy (non-hydrogen) atoms. The number of nitrogens with two attached hydrogens (primary N) is 1. The first-order valence-electron chi connectivity index (χ1n) is 10.1. The first-order valence-corrected chi connectivity index (χ1v) is 10.1. The van der Waals surface area contributed by atoms with Gasteiger partial charge in [-0.1, -0.05) is 12.1 Å². The van der Waals surface area contributed by atoms with Crippen LogP contribution in [0.3, 0.4) is 0 Å². The van der Waals surface area contributed by atoms with E-state index in [9.17, 15) is 0 Å². The van der Waals surface area contributed by atoms with Gasteiger partial charge >= 0.3 is 0 Å². The van der Waals surface area contributed by atoms with Gasteiger partial charge < -0.3 is 15.4 Å². The predicted octanol–water partition coefficient (Wildman–Crippen LogP) is 2.33. The molecule has 8 heteroatoms. The fourth-order valence-electron chi connectivity index (χ4n) is 4.01. The van der Waals surface area contributed by atoms with Gasteiger partial charge in [0.2, 0.25) is 11.8 Å². The second-order valence-corrected chi connectivity index (χ2v) is 7.83. The van der Waals surface area contributed by atoms with Crippen molar-refractivity contribution in [2.24, 2.45) is 11.7 Å². The van der Waals surface area contributed by atoms with Gasteiger partial charge in [-0.2, -0.15) is 4.98 Å². The zero-order valence-electron chi connectivity index (χ0n) is 16.0. The van der Waals surface area contributed by atoms with E-state index in [1.54, 1.807) is 6.20 Å². The van der Waals surface area contributed by atoms with Gasteiger partial charge in [-0.25, -0.2) is 9.67 Å². The molecule has 0 amide bonds. The van der Waals surface area contributed by atoms with Crippen LogP contribution in [-0.2, 0) is 6.54 Å². The molecule has 4 rings (SSSR count). The lowest BCUT2D eigenvalue weighted by molar-refractivity contribution is 0.130. The highest BCUT2D eigenvalue weighted by Crippen LogP contribution is 2.28. The van der Waals surface area contributed by atoms with E-state index in [1.165, 1.54) is 12.8 Å². The first-order chi connectivity index (χ1) is 13.2. The Kier molecular flexibility index (Phi) is 5.52. The quantitative estimate of drug-likeness (QED) is 0.862. The van der Waals surface area contributed by atoms with Crippen LogP contribution < -0.4 is 15.4 Å². The molecule has 1 aliphatic heterocycles. The SMILES string of the molecule is CC1CCC(Oc2ccnc(N3CCCC(n4cc(CN)nn4)C3)n2)CC1. The van der Waals surface area contributed by atoms with Gasteiger partial charge in [-0.3, -0.25) is 0 Å². The third-order valence-electron chi connectivity index (χ3n) is 5.69. The fraction of sp³-hybridized carbons (Fsp3) is 0.684. The molecule has 2 N–H and O–H groups in total. The maximum absolute atomic E-state index is 6.15. The van der Waals surface area contributed by atoms with E-state index in [0.717, 1.165) is 56.3 Å². The van der Waals surface area contributed by atoms with E-state index in [4.69, 9.17) is 10.5 Å². The van der Waals surface area contributed by atoms with Crippen LogP contribution in [0, 0.1) is 5.92 Å². The van der Waals surface area contributed by atoms with E-state index in [1.807, 2.05) is 16.9 Å². The minimum absolute atomic E-state index is 0.263. The summed E-state index contributed by atoms with van der Waals surface area (Å²) in [7, 11) is 0. The summed E-state index contributed by atoms with van der Waals surface area (Å²) in [4.78, 5) is 11.4. The highest BCUT2D eigenvalue weighted by atomic mass is 16.5. The molecule has 1 aliphatic carbocycles. The number of rotatable bonds is 5. The minimum Gasteiger partial charge on any atom is -0.474 e. The van der Waals surface area contributed by atoms with Gasteiger partial charge in [0.25, 0.3) is 0 Å². The third-order valence-corrected chi connectivity index (χ3v) is 5.69. The summed E-state index contributed by atoms with van der Waals surface area (Å²) >= 11 is 0. The molecule has 2 aliphatic rings. The molecule has 1 atom stereocenters. The van der Waals surface area contributed by atoms with E-state index in [-0.39, 0.29) is 12.1 Å². The molecule has 2 aromatic heterocycles. The van der Waals surface area contributed by atoms with Crippen LogP contribution in [0.4, 0.5) is 5.95 Å². The van der Waals surface area contributed by atoms with E-state index < -0.39 is 0 Å². The Morgan fingerprint density at radius 1 is 1.22 bits per heavy atom. The Morgan fingerprint density at radius 3 is 2.85 bits per heavy atom. The average Bonchev–Trinajstić information content (AvgIpc) is 3.20. The van der Waals surface area contributed by atoms with E-state index in [2.05, 4.69) is 32.1 Å². The molecule has 0 bridgehead atoms. The van der Waals surface area contributed by atoms with Crippen molar-refractivity contribution in [3.63, 3.8) is 0 Å². The number of nitrogens with zero attached hydrogens (tertiary/aromatic N) is 6. The lowest BCUT2D eigenvalue weighted by Gasteiger charge is -2.32. The van der Waals surface area contributed by atoms with Crippen molar-refractivity contribution in [3.8, 4) is 5.88 Å². The van der Waals surface area contributed by atoms with Crippen molar-refractivity contribution in [1.82, 2.24) is 25.0 Å². The summed E-state index contributed by atoms with van der Waals surface area (Å²) < 4.78 is 8.07. The first kappa shape index (κ1) is 18.2. The van der Waals surface area contributed by atoms with E-state index in [0.29, 0.717) is 12.4 Å². The molecule has 0 spiro atoms. The molecular formula is C19H29N7O. The number of hydrogen-bond donors (Lipinski definition) is 1. The summed E-state index contributed by atoms with van der Waals surface area (Å²) in [6.07, 6.45) is 10.9. The van der Waals surface area contributed by atoms with Crippen molar-refractivity contribution >= 4 is 5.95 Å². The number of ether oxygens (including phenoxy) is 1. The monoisotopic (exact) mass is 371 g/mol. The molecule has 1 saturated heterocycles. The molecule has 146 valence electrons. The highest BCUT2D eigenvalue weighted by molar-refractivity contribution is 5.33. The van der Waals surface area contributed by atoms with Crippen LogP contribution in [0.25, 0.3) is 0 Å². The van der Waals surface area contributed by atoms with Crippen molar-refractivity contribution < 1.29 is 4.74 Å². The van der Waals surface area contributed by atoms with Crippen molar-refractivity contribution in [2.75, 3.05) is 18.0 Å². The Morgan fingerprint density at radius 2 is 2.07 bits per heavy atom. The normalized spacial score (nSPS) is 26.1. The zero-order chi connectivity index (χ0) is 18.6. The van der Waals surface area contributed by atoms with E-state index >= 15 is 0 Å². The second kappa shape index (κ2) is 8.21. The van der Waals surface area contributed by atoms with Crippen LogP contribution in [0.2, 0.25) is 0 Å². The molecule has 3 heterocycles. The van der Waals surface area contributed by atoms with Gasteiger partial charge in [0.1, 0.15) is 6.10 Å². The Labute approximate surface area is 160 Å². The number of anilines is 1. The van der Waals surface area contributed by atoms with Gasteiger partial charge in [0, 0.05) is 31.9 Å². The lowest BCUT2D eigenvalue weighted by Crippen LogP contribution is -2.38. The van der Waals surface area contributed by atoms with Crippen molar-refractivity contribution in [1.29, 1.82) is 0 Å². The molecule has 1 unspecified atom stereocenters. The molecule has 2 fully saturated rings. The Bertz CT molecular complexity index is 741. The van der Waals surface area contributed by atoms with Crippen LogP contribution in [0.1, 0.15) is 57.2 Å². The van der Waals surface area contributed by atoms with Crippen molar-refractivity contribution in [2.45, 2.75) is 64.1 Å². The lowest BCUT2D eigenvalue weighted by atomic mass is 9.89. The van der Waals surface area contributed by atoms with Gasteiger partial charge in [-0.05, 0) is 44.4 Å². The molecule has 0 radical (unpaired) electrons. The number of aromatic nitrogens is 5. The minimum atomic E-state index is 0.263. The summed E-state index contributed by atoms with van der Waals surface area (Å²) in [5.41, 5.74) is 6.47. The van der Waals surface area contributed by atoms with Crippen molar-refractivity contribution in [3.05, 3.63) is 24.2 Å². The molecule has 1 saturated carbocycles. The van der Waals surface area contributed by atoms with Crippen LogP contribution in [0.5, 0.6) is 5.88 Å². The van der Waals surface area contributed by atoms with Crippen LogP contribution in [0.15, 0.2) is 18.5 Å². The Hall–Kier alpha value is -2.22. The number of hydrogen-bond acceptors (Lipinski definition) is 7. The van der Waals surface area contributed by atoms with Gasteiger partial charge in [0.05, 0.1) is 17.9 Å². The summed E-state index contributed by atoms with van der Waals surface area (Å²) in [6, 6.07) is 2.13. The van der Waals surface area contributed by atoms with Gasteiger partial charge in [0.15, 0.2) is 0 Å². The fourth-order valence-corrected chi connectivity index (χ4v) is 4.01. The van der Waals surface area contributed by atoms with Gasteiger partial charge in [-0.15, -0.1) is 5.10 Å². The standard InChI is InChI=1S/C19H29N7O/c1-14-4-6-17(7-5-14)27-18-8-9-21-19(22-18)25-10-2-3-16(13-25)26-12-15(11-20)23-24-26/h8-9,12,14,16-17H,2-7,10-11,13,20H2,1H3. The summed E-state index contributed by atoms with van der Waals surface area (Å²) in [6.45, 7) is 4.49. The molecule has 8 nitrogen and oxygen atoms in total. The molecular weight excluding hydrogens is 342 g/mol. The zero-order valence-corrected chi connectivity index (χ0v) is 16.0. The second-order valence-electron chi connectivity index (χ2n) is 7.83. The Balaban J connectivity index is 1.41. The largest absolute Gasteiger partial charge is 0.474 e. The third kappa shape index (κ3) is 4.37. The maximum Gasteiger partial charge on any atom is 0.228 e. The topological polar surface area (TPSA) is 95.0 Å². The number of piperidine rings is 1. The molecule has 2 aromatic rings. The predicted molar refractivity (Wildman–Crippen MR) is 102 cm³/mol. The average molecular weight is 371 g/mol. The summed E-state index contributed by atoms with van der Waals surface area (Å²) in [5, 5.41) is 8.34. The molecule has 0 aromatic carbocycles. The maximum atomic E-state index is 6.15. The van der Waals surface area contributed by atoms with Crippen LogP contribution >= 0.6 is 0 Å². The summed E-state index contributed by atoms with van der Waals surface area (Å²) in [5.74, 6) is 2.24. The van der Waals surface area contributed by atoms with Crippen LogP contribution in [-0.4, -0.2) is 44.2 Å².